The highest BCUT2D eigenvalue weighted by Gasteiger charge is 2.42. The fourth-order valence-corrected chi connectivity index (χ4v) is 4.59. The number of piperidine rings is 2. The maximum atomic E-state index is 12.7. The molecule has 0 bridgehead atoms. The molecule has 3 fully saturated rings. The summed E-state index contributed by atoms with van der Waals surface area (Å²) in [5.74, 6) is 1.31. The Hall–Kier alpha value is -1.98. The van der Waals surface area contributed by atoms with Crippen molar-refractivity contribution >= 4 is 11.8 Å². The van der Waals surface area contributed by atoms with Gasteiger partial charge >= 0.3 is 0 Å². The van der Waals surface area contributed by atoms with Gasteiger partial charge in [-0.05, 0) is 38.5 Å². The van der Waals surface area contributed by atoms with E-state index in [2.05, 4.69) is 14.9 Å². The maximum Gasteiger partial charge on any atom is 0.222 e. The van der Waals surface area contributed by atoms with Crippen molar-refractivity contribution in [2.45, 2.75) is 64.8 Å². The van der Waals surface area contributed by atoms with Crippen molar-refractivity contribution in [3.8, 4) is 0 Å². The lowest BCUT2D eigenvalue weighted by atomic mass is 9.73. The van der Waals surface area contributed by atoms with Crippen molar-refractivity contribution in [3.05, 3.63) is 23.8 Å². The summed E-state index contributed by atoms with van der Waals surface area (Å²) in [4.78, 5) is 37.9. The summed E-state index contributed by atoms with van der Waals surface area (Å²) in [6.07, 6.45) is 11.5. The summed E-state index contributed by atoms with van der Waals surface area (Å²) < 4.78 is 0. The van der Waals surface area contributed by atoms with E-state index < -0.39 is 0 Å². The first-order chi connectivity index (χ1) is 13.0. The molecular weight excluding hydrogens is 340 g/mol. The summed E-state index contributed by atoms with van der Waals surface area (Å²) in [6.45, 7) is 4.84. The minimum Gasteiger partial charge on any atom is -0.342 e. The highest BCUT2D eigenvalue weighted by atomic mass is 16.2. The van der Waals surface area contributed by atoms with Crippen LogP contribution in [-0.2, 0) is 16.1 Å². The van der Waals surface area contributed by atoms with Gasteiger partial charge in [-0.25, -0.2) is 0 Å². The molecule has 0 aromatic carbocycles. The van der Waals surface area contributed by atoms with Gasteiger partial charge in [0, 0.05) is 44.1 Å². The highest BCUT2D eigenvalue weighted by molar-refractivity contribution is 5.78. The lowest BCUT2D eigenvalue weighted by molar-refractivity contribution is -0.143. The molecule has 4 rings (SSSR count). The molecule has 2 amide bonds. The van der Waals surface area contributed by atoms with Crippen LogP contribution in [0.15, 0.2) is 12.4 Å². The maximum absolute atomic E-state index is 12.7. The van der Waals surface area contributed by atoms with Gasteiger partial charge in [0.25, 0.3) is 0 Å². The first kappa shape index (κ1) is 18.4. The minimum absolute atomic E-state index is 0.0551. The van der Waals surface area contributed by atoms with Crippen molar-refractivity contribution in [1.82, 2.24) is 19.8 Å². The van der Waals surface area contributed by atoms with E-state index in [1.54, 1.807) is 12.4 Å². The molecule has 1 aromatic rings. The molecule has 0 N–H and O–H groups in total. The van der Waals surface area contributed by atoms with Gasteiger partial charge in [0.05, 0.1) is 24.1 Å². The smallest absolute Gasteiger partial charge is 0.222 e. The van der Waals surface area contributed by atoms with Crippen LogP contribution in [-0.4, -0.2) is 51.2 Å². The normalized spacial score (nSPS) is 25.9. The molecule has 6 heteroatoms. The molecule has 1 atom stereocenters. The standard InChI is InChI=1S/C21H30N4O2/c1-16-11-23-18(12-22-16)13-25-15-21(9-7-20(25)27)8-2-10-24(14-21)19(26)6-5-17-3-4-17/h11-12,17H,2-10,13-15H2,1H3. The van der Waals surface area contributed by atoms with Crippen molar-refractivity contribution in [2.75, 3.05) is 19.6 Å². The fraction of sp³-hybridized carbons (Fsp3) is 0.714. The number of carbonyl (C=O) groups excluding carboxylic acids is 2. The fourth-order valence-electron chi connectivity index (χ4n) is 4.59. The molecule has 27 heavy (non-hydrogen) atoms. The van der Waals surface area contributed by atoms with Gasteiger partial charge in [0.2, 0.25) is 11.8 Å². The summed E-state index contributed by atoms with van der Waals surface area (Å²) in [5.41, 5.74) is 1.77. The van der Waals surface area contributed by atoms with Gasteiger partial charge in [-0.2, -0.15) is 0 Å². The summed E-state index contributed by atoms with van der Waals surface area (Å²) >= 11 is 0. The van der Waals surface area contributed by atoms with Gasteiger partial charge in [0.1, 0.15) is 0 Å². The number of hydrogen-bond donors (Lipinski definition) is 0. The third kappa shape index (κ3) is 4.47. The van der Waals surface area contributed by atoms with E-state index >= 15 is 0 Å². The van der Waals surface area contributed by atoms with Crippen LogP contribution >= 0.6 is 0 Å². The van der Waals surface area contributed by atoms with Gasteiger partial charge in [-0.1, -0.05) is 12.8 Å². The largest absolute Gasteiger partial charge is 0.342 e. The average Bonchev–Trinajstić information content (AvgIpc) is 3.49. The van der Waals surface area contributed by atoms with Crippen LogP contribution < -0.4 is 0 Å². The Bertz CT molecular complexity index is 701. The van der Waals surface area contributed by atoms with E-state index in [-0.39, 0.29) is 11.3 Å². The second kappa shape index (κ2) is 7.56. The average molecular weight is 370 g/mol. The third-order valence-electron chi connectivity index (χ3n) is 6.41. The van der Waals surface area contributed by atoms with Crippen LogP contribution in [0.5, 0.6) is 0 Å². The summed E-state index contributed by atoms with van der Waals surface area (Å²) in [7, 11) is 0. The summed E-state index contributed by atoms with van der Waals surface area (Å²) in [5, 5.41) is 0. The Kier molecular flexibility index (Phi) is 5.15. The quantitative estimate of drug-likeness (QED) is 0.799. The number of nitrogens with zero attached hydrogens (tertiary/aromatic N) is 4. The van der Waals surface area contributed by atoms with Crippen LogP contribution in [0.4, 0.5) is 0 Å². The lowest BCUT2D eigenvalue weighted by Gasteiger charge is -2.48. The molecule has 6 nitrogen and oxygen atoms in total. The second-order valence-corrected chi connectivity index (χ2v) is 8.80. The van der Waals surface area contributed by atoms with Gasteiger partial charge in [0.15, 0.2) is 0 Å². The number of likely N-dealkylation sites (tertiary alicyclic amines) is 2. The van der Waals surface area contributed by atoms with Crippen LogP contribution in [0.25, 0.3) is 0 Å². The van der Waals surface area contributed by atoms with Crippen LogP contribution in [0.3, 0.4) is 0 Å². The lowest BCUT2D eigenvalue weighted by Crippen LogP contribution is -2.54. The van der Waals surface area contributed by atoms with Crippen molar-refractivity contribution in [1.29, 1.82) is 0 Å². The predicted molar refractivity (Wildman–Crippen MR) is 102 cm³/mol. The highest BCUT2D eigenvalue weighted by Crippen LogP contribution is 2.40. The number of amides is 2. The zero-order valence-electron chi connectivity index (χ0n) is 16.3. The predicted octanol–water partition coefficient (Wildman–Crippen LogP) is 2.71. The molecule has 0 radical (unpaired) electrons. The Morgan fingerprint density at radius 3 is 2.81 bits per heavy atom. The Morgan fingerprint density at radius 1 is 1.22 bits per heavy atom. The Balaban J connectivity index is 1.39. The molecule has 146 valence electrons. The zero-order valence-corrected chi connectivity index (χ0v) is 16.3. The Morgan fingerprint density at radius 2 is 2.07 bits per heavy atom. The third-order valence-corrected chi connectivity index (χ3v) is 6.41. The molecular formula is C21H30N4O2. The van der Waals surface area contributed by atoms with Crippen LogP contribution in [0.2, 0.25) is 0 Å². The summed E-state index contributed by atoms with van der Waals surface area (Å²) in [6, 6.07) is 0. The number of aryl methyl sites for hydroxylation is 1. The van der Waals surface area contributed by atoms with Crippen LogP contribution in [0, 0.1) is 18.3 Å². The first-order valence-corrected chi connectivity index (χ1v) is 10.4. The second-order valence-electron chi connectivity index (χ2n) is 8.80. The van der Waals surface area contributed by atoms with E-state index in [4.69, 9.17) is 0 Å². The molecule has 3 aliphatic rings. The zero-order chi connectivity index (χ0) is 18.9. The number of hydrogen-bond acceptors (Lipinski definition) is 4. The van der Waals surface area contributed by atoms with Crippen molar-refractivity contribution in [3.63, 3.8) is 0 Å². The van der Waals surface area contributed by atoms with Gasteiger partial charge in [-0.3, -0.25) is 19.6 Å². The van der Waals surface area contributed by atoms with E-state index in [1.165, 1.54) is 12.8 Å². The minimum atomic E-state index is 0.0551. The first-order valence-electron chi connectivity index (χ1n) is 10.4. The van der Waals surface area contributed by atoms with E-state index in [0.717, 1.165) is 62.6 Å². The van der Waals surface area contributed by atoms with Gasteiger partial charge < -0.3 is 9.80 Å². The monoisotopic (exact) mass is 370 g/mol. The van der Waals surface area contributed by atoms with E-state index in [1.807, 2.05) is 11.8 Å². The Labute approximate surface area is 161 Å². The van der Waals surface area contributed by atoms with E-state index in [9.17, 15) is 9.59 Å². The SMILES string of the molecule is Cc1cnc(CN2CC3(CCCN(C(=O)CCC4CC4)C3)CCC2=O)cn1. The molecule has 2 saturated heterocycles. The molecule has 1 spiro atoms. The van der Waals surface area contributed by atoms with Crippen molar-refractivity contribution in [2.24, 2.45) is 11.3 Å². The molecule has 1 unspecified atom stereocenters. The van der Waals surface area contributed by atoms with E-state index in [0.29, 0.717) is 25.3 Å². The molecule has 3 heterocycles. The topological polar surface area (TPSA) is 66.4 Å². The van der Waals surface area contributed by atoms with Crippen molar-refractivity contribution < 1.29 is 9.59 Å². The molecule has 2 aliphatic heterocycles. The number of rotatable bonds is 5. The molecule has 1 aromatic heterocycles. The van der Waals surface area contributed by atoms with Gasteiger partial charge in [-0.15, -0.1) is 0 Å². The number of carbonyl (C=O) groups is 2. The van der Waals surface area contributed by atoms with Crippen LogP contribution in [0.1, 0.15) is 62.8 Å². The molecule has 1 saturated carbocycles. The number of aromatic nitrogens is 2. The molecule has 1 aliphatic carbocycles.